The smallest absolute Gasteiger partial charge is 0.338 e. The monoisotopic (exact) mass is 503 g/mol. The highest BCUT2D eigenvalue weighted by molar-refractivity contribution is 6.10. The number of rotatable bonds is 9. The van der Waals surface area contributed by atoms with E-state index in [9.17, 15) is 19.2 Å². The molecule has 0 saturated carbocycles. The topological polar surface area (TPSA) is 114 Å². The van der Waals surface area contributed by atoms with E-state index >= 15 is 0 Å². The summed E-state index contributed by atoms with van der Waals surface area (Å²) >= 11 is 0. The first-order valence-electron chi connectivity index (χ1n) is 12.0. The SMILES string of the molecule is CCCCOC(=O)c1ccc(NC(=O)CN2C(=O)NC(C)(c3ccc4cc(OC)ccc4c3)C2=O)cc1. The minimum atomic E-state index is -1.31. The van der Waals surface area contributed by atoms with Crippen LogP contribution in [0.25, 0.3) is 10.8 Å². The van der Waals surface area contributed by atoms with E-state index in [4.69, 9.17) is 9.47 Å². The van der Waals surface area contributed by atoms with Gasteiger partial charge >= 0.3 is 12.0 Å². The Labute approximate surface area is 214 Å². The molecular formula is C28H29N3O6. The summed E-state index contributed by atoms with van der Waals surface area (Å²) in [6, 6.07) is 16.6. The maximum atomic E-state index is 13.3. The van der Waals surface area contributed by atoms with Gasteiger partial charge in [0.2, 0.25) is 5.91 Å². The number of carbonyl (C=O) groups is 4. The van der Waals surface area contributed by atoms with Crippen molar-refractivity contribution in [1.82, 2.24) is 10.2 Å². The molecule has 0 spiro atoms. The van der Waals surface area contributed by atoms with E-state index in [2.05, 4.69) is 10.6 Å². The van der Waals surface area contributed by atoms with Crippen LogP contribution in [0, 0.1) is 0 Å². The highest BCUT2D eigenvalue weighted by Crippen LogP contribution is 2.32. The van der Waals surface area contributed by atoms with Crippen molar-refractivity contribution < 1.29 is 28.7 Å². The zero-order valence-electron chi connectivity index (χ0n) is 21.0. The first-order chi connectivity index (χ1) is 17.7. The molecule has 1 aliphatic heterocycles. The lowest BCUT2D eigenvalue weighted by atomic mass is 9.90. The fraction of sp³-hybridized carbons (Fsp3) is 0.286. The van der Waals surface area contributed by atoms with Crippen LogP contribution in [0.15, 0.2) is 60.7 Å². The minimum absolute atomic E-state index is 0.354. The molecule has 4 rings (SSSR count). The molecule has 1 fully saturated rings. The number of amides is 4. The second kappa shape index (κ2) is 10.7. The molecule has 3 aromatic rings. The Bertz CT molecular complexity index is 1350. The van der Waals surface area contributed by atoms with Crippen molar-refractivity contribution in [2.75, 3.05) is 25.6 Å². The number of anilines is 1. The van der Waals surface area contributed by atoms with Crippen LogP contribution >= 0.6 is 0 Å². The lowest BCUT2D eigenvalue weighted by molar-refractivity contribution is -0.133. The summed E-state index contributed by atoms with van der Waals surface area (Å²) in [6.45, 7) is 3.53. The summed E-state index contributed by atoms with van der Waals surface area (Å²) in [6.07, 6.45) is 1.71. The second-order valence-electron chi connectivity index (χ2n) is 8.99. The molecule has 1 aliphatic rings. The average Bonchev–Trinajstić information content (AvgIpc) is 3.12. The van der Waals surface area contributed by atoms with Crippen molar-refractivity contribution in [3.63, 3.8) is 0 Å². The van der Waals surface area contributed by atoms with E-state index in [1.807, 2.05) is 37.3 Å². The van der Waals surface area contributed by atoms with Gasteiger partial charge in [-0.2, -0.15) is 0 Å². The number of hydrogen-bond donors (Lipinski definition) is 2. The molecule has 2 N–H and O–H groups in total. The standard InChI is InChI=1S/C28H29N3O6/c1-4-5-14-37-25(33)18-7-11-22(12-8-18)29-24(32)17-31-26(34)28(2,30-27(31)35)21-10-6-20-16-23(36-3)13-9-19(20)15-21/h6-13,15-16H,4-5,14,17H2,1-3H3,(H,29,32)(H,30,35). The van der Waals surface area contributed by atoms with Gasteiger partial charge in [-0.3, -0.25) is 14.5 Å². The number of benzene rings is 3. The van der Waals surface area contributed by atoms with Crippen molar-refractivity contribution in [3.05, 3.63) is 71.8 Å². The normalized spacial score (nSPS) is 17.0. The Morgan fingerprint density at radius 2 is 1.70 bits per heavy atom. The van der Waals surface area contributed by atoms with Crippen molar-refractivity contribution in [1.29, 1.82) is 0 Å². The van der Waals surface area contributed by atoms with Gasteiger partial charge in [-0.1, -0.05) is 31.5 Å². The minimum Gasteiger partial charge on any atom is -0.497 e. The average molecular weight is 504 g/mol. The van der Waals surface area contributed by atoms with E-state index < -0.39 is 35.9 Å². The number of ether oxygens (including phenoxy) is 2. The molecule has 0 aliphatic carbocycles. The van der Waals surface area contributed by atoms with Gasteiger partial charge in [0.1, 0.15) is 17.8 Å². The summed E-state index contributed by atoms with van der Waals surface area (Å²) in [4.78, 5) is 51.5. The molecule has 1 saturated heterocycles. The molecule has 0 aromatic heterocycles. The van der Waals surface area contributed by atoms with Gasteiger partial charge in [-0.25, -0.2) is 9.59 Å². The Morgan fingerprint density at radius 3 is 2.41 bits per heavy atom. The number of imide groups is 1. The van der Waals surface area contributed by atoms with Crippen LogP contribution in [-0.4, -0.2) is 49.0 Å². The zero-order chi connectivity index (χ0) is 26.6. The number of esters is 1. The largest absolute Gasteiger partial charge is 0.497 e. The summed E-state index contributed by atoms with van der Waals surface area (Å²) in [5.41, 5.74) is 0.0844. The molecule has 1 unspecified atom stereocenters. The van der Waals surface area contributed by atoms with Gasteiger partial charge in [-0.05, 0) is 72.1 Å². The maximum absolute atomic E-state index is 13.3. The number of nitrogens with one attached hydrogen (secondary N) is 2. The predicted octanol–water partition coefficient (Wildman–Crippen LogP) is 4.21. The molecule has 1 atom stereocenters. The van der Waals surface area contributed by atoms with E-state index in [-0.39, 0.29) is 0 Å². The van der Waals surface area contributed by atoms with Gasteiger partial charge in [0.15, 0.2) is 0 Å². The third-order valence-electron chi connectivity index (χ3n) is 6.34. The number of fused-ring (bicyclic) bond motifs is 1. The van der Waals surface area contributed by atoms with Gasteiger partial charge in [0.05, 0.1) is 19.3 Å². The van der Waals surface area contributed by atoms with E-state index in [0.29, 0.717) is 23.4 Å². The first-order valence-corrected chi connectivity index (χ1v) is 12.0. The number of hydrogen-bond acceptors (Lipinski definition) is 6. The summed E-state index contributed by atoms with van der Waals surface area (Å²) < 4.78 is 10.4. The Hall–Kier alpha value is -4.40. The third kappa shape index (κ3) is 5.40. The highest BCUT2D eigenvalue weighted by atomic mass is 16.5. The molecule has 9 nitrogen and oxygen atoms in total. The molecule has 0 radical (unpaired) electrons. The van der Waals surface area contributed by atoms with Crippen molar-refractivity contribution >= 4 is 40.3 Å². The molecule has 0 bridgehead atoms. The Morgan fingerprint density at radius 1 is 1.00 bits per heavy atom. The third-order valence-corrected chi connectivity index (χ3v) is 6.34. The molecular weight excluding hydrogens is 474 g/mol. The molecule has 192 valence electrons. The van der Waals surface area contributed by atoms with Crippen LogP contribution in [0.1, 0.15) is 42.6 Å². The van der Waals surface area contributed by atoms with Crippen molar-refractivity contribution in [2.24, 2.45) is 0 Å². The molecule has 3 aromatic carbocycles. The summed E-state index contributed by atoms with van der Waals surface area (Å²) in [7, 11) is 1.59. The molecule has 37 heavy (non-hydrogen) atoms. The number of nitrogens with zero attached hydrogens (tertiary/aromatic N) is 1. The van der Waals surface area contributed by atoms with E-state index in [1.54, 1.807) is 44.4 Å². The fourth-order valence-corrected chi connectivity index (χ4v) is 4.12. The Kier molecular flexibility index (Phi) is 7.42. The van der Waals surface area contributed by atoms with E-state index in [1.165, 1.54) is 0 Å². The lowest BCUT2D eigenvalue weighted by Gasteiger charge is -2.22. The number of urea groups is 1. The van der Waals surface area contributed by atoms with Crippen molar-refractivity contribution in [2.45, 2.75) is 32.2 Å². The maximum Gasteiger partial charge on any atom is 0.338 e. The molecule has 4 amide bonds. The van der Waals surface area contributed by atoms with Crippen molar-refractivity contribution in [3.8, 4) is 5.75 Å². The first kappa shape index (κ1) is 25.7. The van der Waals surface area contributed by atoms with Gasteiger partial charge in [0, 0.05) is 5.69 Å². The summed E-state index contributed by atoms with van der Waals surface area (Å²) in [5, 5.41) is 7.19. The van der Waals surface area contributed by atoms with E-state index in [0.717, 1.165) is 34.3 Å². The van der Waals surface area contributed by atoms with Crippen LogP contribution in [0.5, 0.6) is 5.75 Å². The van der Waals surface area contributed by atoms with Crippen LogP contribution in [-0.2, 0) is 19.9 Å². The van der Waals surface area contributed by atoms with Crippen LogP contribution < -0.4 is 15.4 Å². The second-order valence-corrected chi connectivity index (χ2v) is 8.99. The zero-order valence-corrected chi connectivity index (χ0v) is 21.0. The summed E-state index contributed by atoms with van der Waals surface area (Å²) in [5.74, 6) is -0.782. The fourth-order valence-electron chi connectivity index (χ4n) is 4.12. The lowest BCUT2D eigenvalue weighted by Crippen LogP contribution is -2.42. The number of unbranched alkanes of at least 4 members (excludes halogenated alkanes) is 1. The Balaban J connectivity index is 1.42. The number of methoxy groups -OCH3 is 1. The molecule has 1 heterocycles. The van der Waals surface area contributed by atoms with Gasteiger partial charge in [-0.15, -0.1) is 0 Å². The highest BCUT2D eigenvalue weighted by Gasteiger charge is 2.49. The van der Waals surface area contributed by atoms with Gasteiger partial charge in [0.25, 0.3) is 5.91 Å². The predicted molar refractivity (Wildman–Crippen MR) is 138 cm³/mol. The van der Waals surface area contributed by atoms with Gasteiger partial charge < -0.3 is 20.1 Å². The quantitative estimate of drug-likeness (QED) is 0.257. The molecule has 9 heteroatoms. The van der Waals surface area contributed by atoms with Crippen LogP contribution in [0.4, 0.5) is 10.5 Å². The van der Waals surface area contributed by atoms with Crippen LogP contribution in [0.3, 0.4) is 0 Å². The van der Waals surface area contributed by atoms with Crippen LogP contribution in [0.2, 0.25) is 0 Å². The number of carbonyl (C=O) groups excluding carboxylic acids is 4.